The van der Waals surface area contributed by atoms with E-state index in [0.717, 1.165) is 30.9 Å². The zero-order valence-corrected chi connectivity index (χ0v) is 19.0. The Balaban J connectivity index is 1.67. The van der Waals surface area contributed by atoms with E-state index in [9.17, 15) is 5.11 Å². The lowest BCUT2D eigenvalue weighted by atomic mass is 9.53. The maximum Gasteiger partial charge on any atom is 0.250 e. The molecule has 152 valence electrons. The first-order chi connectivity index (χ1) is 13.1. The fourth-order valence-corrected chi connectivity index (χ4v) is 6.75. The normalized spacial score (nSPS) is 36.1. The van der Waals surface area contributed by atoms with Crippen molar-refractivity contribution in [3.8, 4) is 11.5 Å². The maximum atomic E-state index is 10.9. The number of likely N-dealkylation sites (N-methyl/N-ethyl adjacent to an activating group) is 1. The van der Waals surface area contributed by atoms with Crippen molar-refractivity contribution in [2.24, 2.45) is 5.92 Å². The van der Waals surface area contributed by atoms with E-state index in [0.29, 0.717) is 12.0 Å². The van der Waals surface area contributed by atoms with Crippen LogP contribution in [0.3, 0.4) is 0 Å². The Labute approximate surface area is 169 Å². The monoisotopic (exact) mass is 399 g/mol. The molecule has 1 unspecified atom stereocenters. The third-order valence-electron chi connectivity index (χ3n) is 8.31. The standard InChI is InChI=1S/C23H33NO3Si/c1-22(2,3)28(5,6)27-18-10-7-14-13-16-15-8-9-17(25)21-23(15,11-12-24(16)4)19(14)20(18)26-21/h7-10,15-17,21,25H,11-13H2,1-6H3/t15-,16+,17?,21-,23-/m0/s1. The summed E-state index contributed by atoms with van der Waals surface area (Å²) in [6.45, 7) is 12.4. The van der Waals surface area contributed by atoms with Gasteiger partial charge in [0.05, 0.1) is 0 Å². The minimum absolute atomic E-state index is 0.110. The number of ether oxygens (including phenoxy) is 1. The summed E-state index contributed by atoms with van der Waals surface area (Å²) in [6.07, 6.45) is 5.55. The van der Waals surface area contributed by atoms with Crippen molar-refractivity contribution in [3.63, 3.8) is 0 Å². The number of hydrogen-bond acceptors (Lipinski definition) is 4. The lowest BCUT2D eigenvalue weighted by Gasteiger charge is -2.56. The van der Waals surface area contributed by atoms with E-state index < -0.39 is 14.4 Å². The minimum Gasteiger partial charge on any atom is -0.541 e. The zero-order chi connectivity index (χ0) is 20.1. The highest BCUT2D eigenvalue weighted by molar-refractivity contribution is 6.74. The van der Waals surface area contributed by atoms with Crippen LogP contribution in [0.2, 0.25) is 18.1 Å². The summed E-state index contributed by atoms with van der Waals surface area (Å²) in [7, 11) is 0.256. The number of likely N-dealkylation sites (tertiary alicyclic amines) is 1. The average molecular weight is 400 g/mol. The first kappa shape index (κ1) is 18.7. The van der Waals surface area contributed by atoms with Crippen LogP contribution in [-0.4, -0.2) is 50.2 Å². The quantitative estimate of drug-likeness (QED) is 0.605. The molecule has 5 heteroatoms. The number of hydrogen-bond donors (Lipinski definition) is 1. The molecule has 0 radical (unpaired) electrons. The minimum atomic E-state index is -1.98. The molecular formula is C23H33NO3Si. The number of nitrogens with zero attached hydrogens (tertiary/aromatic N) is 1. The second-order valence-electron chi connectivity index (χ2n) is 10.8. The predicted molar refractivity (Wildman–Crippen MR) is 114 cm³/mol. The third-order valence-corrected chi connectivity index (χ3v) is 12.6. The van der Waals surface area contributed by atoms with E-state index >= 15 is 0 Å². The van der Waals surface area contributed by atoms with Gasteiger partial charge in [-0.15, -0.1) is 0 Å². The molecule has 2 bridgehead atoms. The lowest BCUT2D eigenvalue weighted by molar-refractivity contribution is -0.0452. The molecule has 0 amide bonds. The van der Waals surface area contributed by atoms with Gasteiger partial charge >= 0.3 is 0 Å². The maximum absolute atomic E-state index is 10.9. The van der Waals surface area contributed by atoms with Crippen LogP contribution in [0.5, 0.6) is 11.5 Å². The molecule has 0 saturated carbocycles. The molecule has 2 aliphatic carbocycles. The van der Waals surface area contributed by atoms with Crippen molar-refractivity contribution in [3.05, 3.63) is 35.4 Å². The van der Waals surface area contributed by atoms with Crippen LogP contribution in [0, 0.1) is 5.92 Å². The number of aliphatic hydroxyl groups is 1. The summed E-state index contributed by atoms with van der Waals surface area (Å²) < 4.78 is 13.3. The molecule has 1 aromatic rings. The highest BCUT2D eigenvalue weighted by Crippen LogP contribution is 2.62. The summed E-state index contributed by atoms with van der Waals surface area (Å²) in [5.41, 5.74) is 2.61. The summed E-state index contributed by atoms with van der Waals surface area (Å²) in [5.74, 6) is 2.21. The molecule has 4 aliphatic rings. The average Bonchev–Trinajstić information content (AvgIpc) is 2.96. The van der Waals surface area contributed by atoms with Crippen LogP contribution >= 0.6 is 0 Å². The van der Waals surface area contributed by atoms with Gasteiger partial charge < -0.3 is 19.2 Å². The van der Waals surface area contributed by atoms with Crippen molar-refractivity contribution < 1.29 is 14.3 Å². The van der Waals surface area contributed by atoms with Gasteiger partial charge in [-0.25, -0.2) is 0 Å². The van der Waals surface area contributed by atoms with E-state index in [4.69, 9.17) is 9.16 Å². The molecule has 5 atom stereocenters. The van der Waals surface area contributed by atoms with Gasteiger partial charge in [0.1, 0.15) is 18.0 Å². The van der Waals surface area contributed by atoms with Gasteiger partial charge in [0.25, 0.3) is 8.32 Å². The molecule has 1 saturated heterocycles. The molecule has 1 fully saturated rings. The van der Waals surface area contributed by atoms with E-state index in [1.807, 2.05) is 6.08 Å². The van der Waals surface area contributed by atoms with Crippen LogP contribution in [0.4, 0.5) is 0 Å². The Morgan fingerprint density at radius 2 is 2.00 bits per heavy atom. The Hall–Kier alpha value is -1.30. The molecule has 1 spiro atoms. The predicted octanol–water partition coefficient (Wildman–Crippen LogP) is 3.88. The Morgan fingerprint density at radius 3 is 2.71 bits per heavy atom. The van der Waals surface area contributed by atoms with Crippen LogP contribution < -0.4 is 9.16 Å². The number of rotatable bonds is 2. The Morgan fingerprint density at radius 1 is 1.25 bits per heavy atom. The van der Waals surface area contributed by atoms with Gasteiger partial charge in [0.2, 0.25) is 0 Å². The number of piperidine rings is 1. The Kier molecular flexibility index (Phi) is 3.77. The first-order valence-electron chi connectivity index (χ1n) is 10.6. The summed E-state index contributed by atoms with van der Waals surface area (Å²) in [4.78, 5) is 2.50. The molecule has 2 aliphatic heterocycles. The summed E-state index contributed by atoms with van der Waals surface area (Å²) >= 11 is 0. The molecule has 1 aromatic carbocycles. The molecular weight excluding hydrogens is 366 g/mol. The van der Waals surface area contributed by atoms with E-state index in [1.54, 1.807) is 0 Å². The molecule has 2 heterocycles. The highest BCUT2D eigenvalue weighted by Gasteiger charge is 2.64. The largest absolute Gasteiger partial charge is 0.541 e. The van der Waals surface area contributed by atoms with E-state index in [2.05, 4.69) is 64.0 Å². The van der Waals surface area contributed by atoms with Crippen LogP contribution in [-0.2, 0) is 11.8 Å². The molecule has 1 N–H and O–H groups in total. The second kappa shape index (κ2) is 5.64. The molecule has 5 rings (SSSR count). The number of aliphatic hydroxyl groups excluding tert-OH is 1. The zero-order valence-electron chi connectivity index (χ0n) is 18.0. The van der Waals surface area contributed by atoms with Gasteiger partial charge in [0.15, 0.2) is 5.75 Å². The summed E-state index contributed by atoms with van der Waals surface area (Å²) in [6, 6.07) is 4.87. The SMILES string of the molecule is CN1CC[C@]23c4c5ccc(O[Si](C)(C)C(C)(C)C)c4O[C@H]2C(O)C=C[C@H]3[C@H]1C5. The second-order valence-corrected chi connectivity index (χ2v) is 15.5. The molecule has 28 heavy (non-hydrogen) atoms. The lowest BCUT2D eigenvalue weighted by Crippen LogP contribution is -2.64. The van der Waals surface area contributed by atoms with Crippen molar-refractivity contribution in [2.75, 3.05) is 13.6 Å². The van der Waals surface area contributed by atoms with Gasteiger partial charge in [-0.05, 0) is 56.2 Å². The fourth-order valence-electron chi connectivity index (χ4n) is 5.74. The number of benzene rings is 1. The van der Waals surface area contributed by atoms with Gasteiger partial charge in [-0.1, -0.05) is 39.0 Å². The van der Waals surface area contributed by atoms with E-state index in [-0.39, 0.29) is 16.6 Å². The van der Waals surface area contributed by atoms with Gasteiger partial charge in [-0.3, -0.25) is 0 Å². The Bertz CT molecular complexity index is 858. The van der Waals surface area contributed by atoms with E-state index in [1.165, 1.54) is 11.1 Å². The molecule has 4 nitrogen and oxygen atoms in total. The van der Waals surface area contributed by atoms with Crippen LogP contribution in [0.15, 0.2) is 24.3 Å². The van der Waals surface area contributed by atoms with Crippen molar-refractivity contribution >= 4 is 8.32 Å². The van der Waals surface area contributed by atoms with Crippen molar-refractivity contribution in [1.82, 2.24) is 4.90 Å². The molecule has 0 aromatic heterocycles. The van der Waals surface area contributed by atoms with Gasteiger partial charge in [-0.2, -0.15) is 0 Å². The fraction of sp³-hybridized carbons (Fsp3) is 0.652. The first-order valence-corrected chi connectivity index (χ1v) is 13.6. The van der Waals surface area contributed by atoms with Crippen molar-refractivity contribution in [1.29, 1.82) is 0 Å². The highest BCUT2D eigenvalue weighted by atomic mass is 28.4. The van der Waals surface area contributed by atoms with Gasteiger partial charge in [0, 0.05) is 22.9 Å². The summed E-state index contributed by atoms with van der Waals surface area (Å²) in [5, 5.41) is 11.0. The van der Waals surface area contributed by atoms with Crippen LogP contribution in [0.1, 0.15) is 38.3 Å². The van der Waals surface area contributed by atoms with Crippen LogP contribution in [0.25, 0.3) is 0 Å². The topological polar surface area (TPSA) is 41.9 Å². The van der Waals surface area contributed by atoms with Crippen molar-refractivity contribution in [2.45, 2.75) is 75.4 Å². The third kappa shape index (κ3) is 2.24. The smallest absolute Gasteiger partial charge is 0.250 e.